The highest BCUT2D eigenvalue weighted by Crippen LogP contribution is 2.46. The van der Waals surface area contributed by atoms with Gasteiger partial charge in [-0.1, -0.05) is 41.9 Å². The number of hydrogen-bond donors (Lipinski definition) is 3. The van der Waals surface area contributed by atoms with Crippen LogP contribution in [0.2, 0.25) is 10.0 Å². The molecule has 1 aliphatic heterocycles. The minimum atomic E-state index is -0.327. The standard InChI is InChI=1S/C30H30Cl2N6O4/c1-5-23(39)35-19-10-6-8-16(2)27(19)37-30-34-14-17-12-20(24-25(31)21(40-3)13-22(41-4)26(24)32)36-29(28(17)38-30)33-15-18-9-7-11-42-18/h5-6,8,10,12-14,18H,1,7,9,11,15H2,2-4H3,(H,33,36)(H,35,39)(H,34,37,38). The van der Waals surface area contributed by atoms with E-state index in [1.807, 2.05) is 25.1 Å². The number of aromatic nitrogens is 3. The number of methoxy groups -OCH3 is 2. The second kappa shape index (κ2) is 12.8. The Bertz CT molecular complexity index is 1630. The summed E-state index contributed by atoms with van der Waals surface area (Å²) in [4.78, 5) is 26.3. The average molecular weight is 610 g/mol. The number of benzene rings is 2. The number of anilines is 4. The molecule has 10 nitrogen and oxygen atoms in total. The smallest absolute Gasteiger partial charge is 0.247 e. The summed E-state index contributed by atoms with van der Waals surface area (Å²) in [5.41, 5.74) is 3.64. The first kappa shape index (κ1) is 29.4. The number of hydrogen-bond acceptors (Lipinski definition) is 9. The lowest BCUT2D eigenvalue weighted by Gasteiger charge is -2.18. The minimum Gasteiger partial charge on any atom is -0.495 e. The number of carbonyl (C=O) groups is 1. The molecule has 5 rings (SSSR count). The van der Waals surface area contributed by atoms with Gasteiger partial charge in [0.1, 0.15) is 17.0 Å². The summed E-state index contributed by atoms with van der Waals surface area (Å²) >= 11 is 13.5. The third-order valence-electron chi connectivity index (χ3n) is 6.87. The molecule has 42 heavy (non-hydrogen) atoms. The summed E-state index contributed by atoms with van der Waals surface area (Å²) < 4.78 is 16.7. The fourth-order valence-corrected chi connectivity index (χ4v) is 5.41. The Kier molecular flexibility index (Phi) is 8.96. The monoisotopic (exact) mass is 608 g/mol. The van der Waals surface area contributed by atoms with Crippen LogP contribution >= 0.6 is 23.2 Å². The van der Waals surface area contributed by atoms with Crippen molar-refractivity contribution in [3.63, 3.8) is 0 Å². The van der Waals surface area contributed by atoms with Crippen molar-refractivity contribution in [1.82, 2.24) is 15.0 Å². The van der Waals surface area contributed by atoms with Crippen molar-refractivity contribution in [3.05, 3.63) is 64.8 Å². The minimum absolute atomic E-state index is 0.0528. The van der Waals surface area contributed by atoms with Crippen LogP contribution in [0.15, 0.2) is 49.2 Å². The quantitative estimate of drug-likeness (QED) is 0.167. The predicted molar refractivity (Wildman–Crippen MR) is 167 cm³/mol. The zero-order chi connectivity index (χ0) is 29.8. The van der Waals surface area contributed by atoms with Crippen LogP contribution in [0.5, 0.6) is 11.5 Å². The molecule has 1 aliphatic rings. The highest BCUT2D eigenvalue weighted by atomic mass is 35.5. The van der Waals surface area contributed by atoms with E-state index in [4.69, 9.17) is 47.4 Å². The molecular weight excluding hydrogens is 579 g/mol. The van der Waals surface area contributed by atoms with Gasteiger partial charge in [0.2, 0.25) is 11.9 Å². The van der Waals surface area contributed by atoms with Crippen molar-refractivity contribution < 1.29 is 19.0 Å². The van der Waals surface area contributed by atoms with Crippen molar-refractivity contribution in [3.8, 4) is 22.8 Å². The maximum atomic E-state index is 12.0. The third kappa shape index (κ3) is 6.06. The average Bonchev–Trinajstić information content (AvgIpc) is 3.52. The number of ether oxygens (including phenoxy) is 3. The molecule has 4 aromatic rings. The van der Waals surface area contributed by atoms with E-state index >= 15 is 0 Å². The number of rotatable bonds is 10. The van der Waals surface area contributed by atoms with Crippen molar-refractivity contribution in [2.45, 2.75) is 25.9 Å². The Morgan fingerprint density at radius 2 is 1.93 bits per heavy atom. The summed E-state index contributed by atoms with van der Waals surface area (Å²) in [6, 6.07) is 9.00. The lowest BCUT2D eigenvalue weighted by Crippen LogP contribution is -2.19. The van der Waals surface area contributed by atoms with Gasteiger partial charge in [-0.25, -0.2) is 15.0 Å². The molecule has 2 aromatic heterocycles. The molecule has 1 saturated heterocycles. The number of carbonyl (C=O) groups excluding carboxylic acids is 1. The summed E-state index contributed by atoms with van der Waals surface area (Å²) in [6.45, 7) is 6.72. The Morgan fingerprint density at radius 3 is 2.60 bits per heavy atom. The predicted octanol–water partition coefficient (Wildman–Crippen LogP) is 6.78. The summed E-state index contributed by atoms with van der Waals surface area (Å²) in [5, 5.41) is 10.8. The number of nitrogens with one attached hydrogen (secondary N) is 3. The van der Waals surface area contributed by atoms with E-state index in [1.165, 1.54) is 20.3 Å². The van der Waals surface area contributed by atoms with E-state index in [9.17, 15) is 4.79 Å². The zero-order valence-corrected chi connectivity index (χ0v) is 24.9. The molecule has 218 valence electrons. The molecule has 0 aliphatic carbocycles. The number of fused-ring (bicyclic) bond motifs is 1. The number of nitrogens with zero attached hydrogens (tertiary/aromatic N) is 3. The van der Waals surface area contributed by atoms with Gasteiger partial charge in [0.05, 0.1) is 47.4 Å². The van der Waals surface area contributed by atoms with Gasteiger partial charge >= 0.3 is 0 Å². The molecule has 0 spiro atoms. The second-order valence-electron chi connectivity index (χ2n) is 9.60. The summed E-state index contributed by atoms with van der Waals surface area (Å²) in [7, 11) is 3.04. The van der Waals surface area contributed by atoms with E-state index in [1.54, 1.807) is 18.3 Å². The highest BCUT2D eigenvalue weighted by Gasteiger charge is 2.23. The number of para-hydroxylation sites is 1. The topological polar surface area (TPSA) is 120 Å². The molecule has 0 radical (unpaired) electrons. The molecular formula is C30H30Cl2N6O4. The Morgan fingerprint density at radius 1 is 1.17 bits per heavy atom. The molecule has 1 atom stereocenters. The van der Waals surface area contributed by atoms with Crippen LogP contribution < -0.4 is 25.4 Å². The first-order chi connectivity index (χ1) is 20.3. The second-order valence-corrected chi connectivity index (χ2v) is 10.4. The van der Waals surface area contributed by atoms with Crippen LogP contribution in [-0.2, 0) is 9.53 Å². The fraction of sp³-hybridized carbons (Fsp3) is 0.267. The molecule has 1 unspecified atom stereocenters. The maximum absolute atomic E-state index is 12.0. The molecule has 12 heteroatoms. The van der Waals surface area contributed by atoms with Gasteiger partial charge in [-0.2, -0.15) is 0 Å². The van der Waals surface area contributed by atoms with E-state index in [0.29, 0.717) is 73.4 Å². The molecule has 2 aromatic carbocycles. The molecule has 3 N–H and O–H groups in total. The fourth-order valence-electron chi connectivity index (χ4n) is 4.71. The maximum Gasteiger partial charge on any atom is 0.247 e. The van der Waals surface area contributed by atoms with Crippen LogP contribution in [0.4, 0.5) is 23.1 Å². The van der Waals surface area contributed by atoms with Crippen molar-refractivity contribution in [1.29, 1.82) is 0 Å². The van der Waals surface area contributed by atoms with Gasteiger partial charge in [-0.05, 0) is 43.5 Å². The normalized spacial score (nSPS) is 14.5. The highest BCUT2D eigenvalue weighted by molar-refractivity contribution is 6.41. The Labute approximate surface area is 253 Å². The van der Waals surface area contributed by atoms with E-state index in [-0.39, 0.29) is 12.0 Å². The van der Waals surface area contributed by atoms with Gasteiger partial charge in [-0.3, -0.25) is 4.79 Å². The SMILES string of the molecule is C=CC(=O)Nc1cccc(C)c1Nc1ncc2cc(-c3c(Cl)c(OC)cc(OC)c3Cl)nc(NCC3CCCO3)c2n1. The first-order valence-electron chi connectivity index (χ1n) is 13.3. The number of halogens is 2. The summed E-state index contributed by atoms with van der Waals surface area (Å²) in [6.07, 6.45) is 4.91. The molecule has 0 bridgehead atoms. The molecule has 3 heterocycles. The van der Waals surface area contributed by atoms with Crippen LogP contribution in [0.3, 0.4) is 0 Å². The van der Waals surface area contributed by atoms with Crippen molar-refractivity contribution in [2.24, 2.45) is 0 Å². The van der Waals surface area contributed by atoms with Crippen LogP contribution in [0.25, 0.3) is 22.2 Å². The van der Waals surface area contributed by atoms with Gasteiger partial charge in [0.25, 0.3) is 0 Å². The molecule has 1 fully saturated rings. The first-order valence-corrected chi connectivity index (χ1v) is 14.0. The lowest BCUT2D eigenvalue weighted by molar-refractivity contribution is -0.111. The van der Waals surface area contributed by atoms with Gasteiger partial charge in [0.15, 0.2) is 5.82 Å². The summed E-state index contributed by atoms with van der Waals surface area (Å²) in [5.74, 6) is 1.29. The van der Waals surface area contributed by atoms with E-state index < -0.39 is 0 Å². The van der Waals surface area contributed by atoms with Crippen molar-refractivity contribution >= 4 is 63.2 Å². The van der Waals surface area contributed by atoms with Gasteiger partial charge in [0, 0.05) is 36.4 Å². The van der Waals surface area contributed by atoms with Crippen LogP contribution in [0, 0.1) is 6.92 Å². The number of aryl methyl sites for hydroxylation is 1. The Hall–Kier alpha value is -4.12. The van der Waals surface area contributed by atoms with Crippen molar-refractivity contribution in [2.75, 3.05) is 43.3 Å². The van der Waals surface area contributed by atoms with Gasteiger partial charge < -0.3 is 30.2 Å². The van der Waals surface area contributed by atoms with Crippen LogP contribution in [0.1, 0.15) is 18.4 Å². The van der Waals surface area contributed by atoms with E-state index in [0.717, 1.165) is 25.0 Å². The molecule has 0 saturated carbocycles. The number of amides is 1. The van der Waals surface area contributed by atoms with Crippen LogP contribution in [-0.4, -0.2) is 54.3 Å². The largest absolute Gasteiger partial charge is 0.495 e. The Balaban J connectivity index is 1.61. The lowest BCUT2D eigenvalue weighted by atomic mass is 10.1. The third-order valence-corrected chi connectivity index (χ3v) is 7.62. The van der Waals surface area contributed by atoms with Gasteiger partial charge in [-0.15, -0.1) is 0 Å². The number of pyridine rings is 1. The van der Waals surface area contributed by atoms with E-state index in [2.05, 4.69) is 27.5 Å². The molecule has 1 amide bonds. The zero-order valence-electron chi connectivity index (χ0n) is 23.4.